The van der Waals surface area contributed by atoms with Crippen molar-refractivity contribution < 1.29 is 18.7 Å². The Kier molecular flexibility index (Phi) is 5.50. The van der Waals surface area contributed by atoms with E-state index in [0.29, 0.717) is 35.1 Å². The number of benzene rings is 2. The van der Waals surface area contributed by atoms with Gasteiger partial charge in [-0.2, -0.15) is 5.26 Å². The number of fused-ring (bicyclic) bond motifs is 1. The maximum atomic E-state index is 14.0. The number of hydrogen-bond acceptors (Lipinski definition) is 2. The fourth-order valence-electron chi connectivity index (χ4n) is 3.72. The average molecular weight is 416 g/mol. The largest absolute Gasteiger partial charge is 0.478 e. The number of carboxylic acid groups (broad SMARTS) is 1. The number of rotatable bonds is 5. The highest BCUT2D eigenvalue weighted by Gasteiger charge is 2.15. The van der Waals surface area contributed by atoms with E-state index >= 15 is 0 Å². The van der Waals surface area contributed by atoms with Gasteiger partial charge < -0.3 is 9.67 Å². The van der Waals surface area contributed by atoms with E-state index in [4.69, 9.17) is 5.11 Å². The van der Waals surface area contributed by atoms with E-state index in [1.54, 1.807) is 30.4 Å². The molecule has 4 rings (SSSR count). The summed E-state index contributed by atoms with van der Waals surface area (Å²) in [7, 11) is 0. The molecule has 0 fully saturated rings. The lowest BCUT2D eigenvalue weighted by Gasteiger charge is -2.15. The molecule has 0 amide bonds. The van der Waals surface area contributed by atoms with Crippen molar-refractivity contribution in [3.63, 3.8) is 0 Å². The first-order valence-corrected chi connectivity index (χ1v) is 9.72. The number of hydrogen-bond donors (Lipinski definition) is 1. The summed E-state index contributed by atoms with van der Waals surface area (Å²) in [4.78, 5) is 11.1. The molecule has 154 valence electrons. The van der Waals surface area contributed by atoms with Crippen molar-refractivity contribution >= 4 is 28.5 Å². The predicted molar refractivity (Wildman–Crippen MR) is 115 cm³/mol. The zero-order valence-corrected chi connectivity index (χ0v) is 16.4. The van der Waals surface area contributed by atoms with Crippen LogP contribution in [-0.4, -0.2) is 15.6 Å². The van der Waals surface area contributed by atoms with E-state index in [9.17, 15) is 18.8 Å². The summed E-state index contributed by atoms with van der Waals surface area (Å²) in [6.45, 7) is 0.589. The minimum Gasteiger partial charge on any atom is -0.478 e. The van der Waals surface area contributed by atoms with Crippen LogP contribution in [0.2, 0.25) is 0 Å². The molecule has 31 heavy (non-hydrogen) atoms. The monoisotopic (exact) mass is 416 g/mol. The van der Waals surface area contributed by atoms with Crippen LogP contribution in [0.1, 0.15) is 27.9 Å². The van der Waals surface area contributed by atoms with Gasteiger partial charge in [0.05, 0.1) is 17.2 Å². The lowest BCUT2D eigenvalue weighted by atomic mass is 10.0. The average Bonchev–Trinajstić information content (AvgIpc) is 3.09. The Morgan fingerprint density at radius 2 is 1.94 bits per heavy atom. The van der Waals surface area contributed by atoms with Gasteiger partial charge in [0.25, 0.3) is 0 Å². The van der Waals surface area contributed by atoms with Crippen LogP contribution in [-0.2, 0) is 6.54 Å². The number of halogens is 2. The maximum absolute atomic E-state index is 14.0. The second kappa shape index (κ2) is 8.41. The minimum absolute atomic E-state index is 0.107. The number of aromatic carboxylic acids is 1. The van der Waals surface area contributed by atoms with Gasteiger partial charge in [0.2, 0.25) is 0 Å². The molecule has 1 aromatic heterocycles. The van der Waals surface area contributed by atoms with E-state index in [-0.39, 0.29) is 23.1 Å². The predicted octanol–water partition coefficient (Wildman–Crippen LogP) is 5.97. The lowest BCUT2D eigenvalue weighted by molar-refractivity contribution is 0.0697. The Bertz CT molecular complexity index is 1290. The number of carbonyl (C=O) groups is 1. The van der Waals surface area contributed by atoms with Crippen molar-refractivity contribution in [2.75, 3.05) is 0 Å². The Morgan fingerprint density at radius 1 is 1.19 bits per heavy atom. The molecule has 0 spiro atoms. The molecule has 1 unspecified atom stereocenters. The Morgan fingerprint density at radius 3 is 2.58 bits per heavy atom. The van der Waals surface area contributed by atoms with E-state index in [1.807, 2.05) is 16.8 Å². The van der Waals surface area contributed by atoms with Crippen LogP contribution >= 0.6 is 0 Å². The van der Waals surface area contributed by atoms with Gasteiger partial charge in [-0.3, -0.25) is 0 Å². The molecule has 0 saturated heterocycles. The second-order valence-corrected chi connectivity index (χ2v) is 7.39. The summed E-state index contributed by atoms with van der Waals surface area (Å²) in [6, 6.07) is 12.7. The number of nitriles is 1. The molecule has 0 bridgehead atoms. The molecule has 1 atom stereocenters. The molecular formula is C25H18F2N2O2. The van der Waals surface area contributed by atoms with Gasteiger partial charge in [0, 0.05) is 29.2 Å². The second-order valence-electron chi connectivity index (χ2n) is 7.39. The topological polar surface area (TPSA) is 66.0 Å². The van der Waals surface area contributed by atoms with Crippen LogP contribution in [0, 0.1) is 23.1 Å². The van der Waals surface area contributed by atoms with E-state index < -0.39 is 5.97 Å². The van der Waals surface area contributed by atoms with Crippen molar-refractivity contribution in [1.29, 1.82) is 5.26 Å². The third kappa shape index (κ3) is 4.31. The van der Waals surface area contributed by atoms with E-state index in [1.165, 1.54) is 30.3 Å². The molecular weight excluding hydrogens is 398 g/mol. The molecule has 2 aromatic carbocycles. The molecule has 0 aliphatic heterocycles. The summed E-state index contributed by atoms with van der Waals surface area (Å²) >= 11 is 0. The van der Waals surface area contributed by atoms with Gasteiger partial charge in [-0.1, -0.05) is 18.2 Å². The molecule has 0 radical (unpaired) electrons. The smallest absolute Gasteiger partial charge is 0.335 e. The summed E-state index contributed by atoms with van der Waals surface area (Å²) in [5, 5.41) is 19.4. The standard InChI is InChI=1S/C25H18F2N2O2/c26-21-7-1-16(2-8-21)14-29-15-20(23-12-22(27)9-10-24(23)29)11-19(13-28)17-3-5-18(6-4-17)25(30)31/h1,3-12,15-16H,2,14H2,(H,30,31). The van der Waals surface area contributed by atoms with Gasteiger partial charge in [0.15, 0.2) is 0 Å². The van der Waals surface area contributed by atoms with Crippen molar-refractivity contribution in [2.45, 2.75) is 13.0 Å². The fourth-order valence-corrected chi connectivity index (χ4v) is 3.72. The molecule has 4 nitrogen and oxygen atoms in total. The van der Waals surface area contributed by atoms with Crippen molar-refractivity contribution in [2.24, 2.45) is 5.92 Å². The van der Waals surface area contributed by atoms with Crippen LogP contribution in [0.5, 0.6) is 0 Å². The van der Waals surface area contributed by atoms with Gasteiger partial charge >= 0.3 is 5.97 Å². The molecule has 1 N–H and O–H groups in total. The number of aromatic nitrogens is 1. The Labute approximate surface area is 177 Å². The normalized spacial score (nSPS) is 16.2. The van der Waals surface area contributed by atoms with Crippen LogP contribution in [0.3, 0.4) is 0 Å². The highest BCUT2D eigenvalue weighted by Crippen LogP contribution is 2.29. The fraction of sp³-hybridized carbons (Fsp3) is 0.120. The molecule has 0 saturated carbocycles. The summed E-state index contributed by atoms with van der Waals surface area (Å²) in [5.74, 6) is -1.56. The number of allylic oxidation sites excluding steroid dienone is 5. The first-order chi connectivity index (χ1) is 14.9. The summed E-state index contributed by atoms with van der Waals surface area (Å²) in [6.07, 6.45) is 8.93. The number of nitrogens with zero attached hydrogens (tertiary/aromatic N) is 2. The zero-order valence-electron chi connectivity index (χ0n) is 16.4. The maximum Gasteiger partial charge on any atom is 0.335 e. The van der Waals surface area contributed by atoms with Gasteiger partial charge in [-0.05, 0) is 66.5 Å². The van der Waals surface area contributed by atoms with Gasteiger partial charge in [-0.15, -0.1) is 0 Å². The van der Waals surface area contributed by atoms with E-state index in [2.05, 4.69) is 6.07 Å². The molecule has 1 aliphatic carbocycles. The van der Waals surface area contributed by atoms with Crippen LogP contribution in [0.4, 0.5) is 8.78 Å². The Balaban J connectivity index is 1.74. The lowest BCUT2D eigenvalue weighted by Crippen LogP contribution is -2.08. The van der Waals surface area contributed by atoms with Crippen LogP contribution in [0.15, 0.2) is 72.7 Å². The van der Waals surface area contributed by atoms with Crippen LogP contribution < -0.4 is 0 Å². The first kappa shape index (κ1) is 20.3. The number of carboxylic acids is 1. The highest BCUT2D eigenvalue weighted by atomic mass is 19.1. The van der Waals surface area contributed by atoms with Crippen LogP contribution in [0.25, 0.3) is 22.6 Å². The quantitative estimate of drug-likeness (QED) is 0.521. The third-order valence-corrected chi connectivity index (χ3v) is 5.31. The minimum atomic E-state index is -1.04. The molecule has 1 aliphatic rings. The van der Waals surface area contributed by atoms with Crippen molar-refractivity contribution in [1.82, 2.24) is 4.57 Å². The molecule has 6 heteroatoms. The third-order valence-electron chi connectivity index (χ3n) is 5.31. The van der Waals surface area contributed by atoms with Gasteiger partial charge in [0.1, 0.15) is 11.6 Å². The Hall–Kier alpha value is -3.98. The molecule has 3 aromatic rings. The molecule has 1 heterocycles. The highest BCUT2D eigenvalue weighted by molar-refractivity contribution is 5.98. The first-order valence-electron chi connectivity index (χ1n) is 9.72. The van der Waals surface area contributed by atoms with Gasteiger partial charge in [-0.25, -0.2) is 13.6 Å². The summed E-state index contributed by atoms with van der Waals surface area (Å²) in [5.41, 5.74) is 2.53. The van der Waals surface area contributed by atoms with Crippen molar-refractivity contribution in [3.8, 4) is 6.07 Å². The van der Waals surface area contributed by atoms with E-state index in [0.717, 1.165) is 5.52 Å². The SMILES string of the molecule is N#CC(=Cc1cn(CC2C=CC(F)=CC2)c2ccc(F)cc12)c1ccc(C(=O)O)cc1. The van der Waals surface area contributed by atoms with Crippen molar-refractivity contribution in [3.05, 3.63) is 95.2 Å². The zero-order chi connectivity index (χ0) is 22.0. The summed E-state index contributed by atoms with van der Waals surface area (Å²) < 4.78 is 29.2.